The molecular weight excluding hydrogens is 791 g/mol. The number of methoxy groups -OCH3 is 2. The average Bonchev–Trinajstić information content (AvgIpc) is 4.02. The predicted molar refractivity (Wildman–Crippen MR) is 253 cm³/mol. The highest BCUT2D eigenvalue weighted by Crippen LogP contribution is 2.64. The van der Waals surface area contributed by atoms with Crippen molar-refractivity contribution in [1.29, 1.82) is 0 Å². The lowest BCUT2D eigenvalue weighted by molar-refractivity contribution is 0.415. The van der Waals surface area contributed by atoms with Crippen LogP contribution in [0.25, 0.3) is 26.8 Å². The number of rotatable bonds is 3. The molecule has 0 bridgehead atoms. The number of fused-ring (bicyclic) bond motifs is 17. The van der Waals surface area contributed by atoms with E-state index in [0.717, 1.165) is 33.3 Å². The van der Waals surface area contributed by atoms with Crippen molar-refractivity contribution in [2.45, 2.75) is 37.0 Å². The Morgan fingerprint density at radius 1 is 0.458 bits per heavy atom. The topological polar surface area (TPSA) is 23.4 Å². The molecule has 3 nitrogen and oxygen atoms in total. The van der Waals surface area contributed by atoms with E-state index in [-0.39, 0.29) is 0 Å². The molecule has 0 amide bonds. The van der Waals surface area contributed by atoms with Gasteiger partial charge in [0.15, 0.2) is 0 Å². The second-order valence-corrected chi connectivity index (χ2v) is 28.1. The van der Waals surface area contributed by atoms with Crippen molar-refractivity contribution >= 4 is 81.4 Å². The molecular formula is C52H43NO2S2Si2. The largest absolute Gasteiger partial charge is 0.497 e. The minimum atomic E-state index is -2.10. The summed E-state index contributed by atoms with van der Waals surface area (Å²) >= 11 is 3.95. The van der Waals surface area contributed by atoms with Gasteiger partial charge >= 0.3 is 0 Å². The highest BCUT2D eigenvalue weighted by atomic mass is 32.1. The molecule has 3 aromatic heterocycles. The third kappa shape index (κ3) is 4.21. The summed E-state index contributed by atoms with van der Waals surface area (Å²) in [6.45, 7) is 10.2. The zero-order valence-electron chi connectivity index (χ0n) is 34.0. The van der Waals surface area contributed by atoms with E-state index in [9.17, 15) is 0 Å². The van der Waals surface area contributed by atoms with E-state index >= 15 is 0 Å². The molecule has 0 fully saturated rings. The van der Waals surface area contributed by atoms with Gasteiger partial charge in [0.05, 0.1) is 36.1 Å². The van der Waals surface area contributed by atoms with Gasteiger partial charge in [0.25, 0.3) is 0 Å². The first-order chi connectivity index (χ1) is 28.7. The van der Waals surface area contributed by atoms with Crippen LogP contribution in [0.1, 0.15) is 43.1 Å². The lowest BCUT2D eigenvalue weighted by atomic mass is 9.55. The highest BCUT2D eigenvalue weighted by Gasteiger charge is 2.62. The molecule has 6 aromatic carbocycles. The second-order valence-electron chi connectivity index (χ2n) is 17.5. The van der Waals surface area contributed by atoms with Gasteiger partial charge in [-0.05, 0) is 108 Å². The highest BCUT2D eigenvalue weighted by molar-refractivity contribution is 7.15. The minimum absolute atomic E-state index is 0.506. The zero-order chi connectivity index (χ0) is 40.1. The number of hydrogen-bond donors (Lipinski definition) is 0. The molecule has 1 aliphatic carbocycles. The molecule has 288 valence electrons. The minimum Gasteiger partial charge on any atom is -0.497 e. The molecule has 59 heavy (non-hydrogen) atoms. The van der Waals surface area contributed by atoms with Crippen LogP contribution in [0, 0.1) is 0 Å². The van der Waals surface area contributed by atoms with Crippen molar-refractivity contribution < 1.29 is 9.47 Å². The molecule has 0 N–H and O–H groups in total. The Labute approximate surface area is 355 Å². The van der Waals surface area contributed by atoms with Crippen LogP contribution in [-0.2, 0) is 10.8 Å². The molecule has 0 radical (unpaired) electrons. The summed E-state index contributed by atoms with van der Waals surface area (Å²) in [5.41, 5.74) is 9.92. The second kappa shape index (κ2) is 12.1. The summed E-state index contributed by atoms with van der Waals surface area (Å²) in [6, 6.07) is 56.1. The van der Waals surface area contributed by atoms with Crippen LogP contribution in [0.3, 0.4) is 0 Å². The van der Waals surface area contributed by atoms with E-state index in [1.807, 2.05) is 22.7 Å². The van der Waals surface area contributed by atoms with Gasteiger partial charge in [-0.3, -0.25) is 0 Å². The summed E-state index contributed by atoms with van der Waals surface area (Å²) in [7, 11) is -0.698. The number of hydrogen-bond acceptors (Lipinski definition) is 4. The maximum atomic E-state index is 5.82. The van der Waals surface area contributed by atoms with E-state index in [4.69, 9.17) is 9.47 Å². The van der Waals surface area contributed by atoms with Crippen LogP contribution in [-0.4, -0.2) is 34.9 Å². The van der Waals surface area contributed by atoms with Gasteiger partial charge in [-0.1, -0.05) is 123 Å². The van der Waals surface area contributed by atoms with Crippen molar-refractivity contribution in [3.05, 3.63) is 194 Å². The fourth-order valence-electron chi connectivity index (χ4n) is 11.7. The third-order valence-corrected chi connectivity index (χ3v) is 23.7. The molecule has 3 aliphatic rings. The number of ether oxygens (including phenoxy) is 2. The molecule has 0 atom stereocenters. The first-order valence-electron chi connectivity index (χ1n) is 20.5. The van der Waals surface area contributed by atoms with Gasteiger partial charge < -0.3 is 14.0 Å². The molecule has 5 heterocycles. The summed E-state index contributed by atoms with van der Waals surface area (Å²) in [4.78, 5) is 2.87. The van der Waals surface area contributed by atoms with Crippen LogP contribution in [0.2, 0.25) is 26.2 Å². The summed E-state index contributed by atoms with van der Waals surface area (Å²) in [6.07, 6.45) is 0. The fraction of sp³-hybridized carbons (Fsp3) is 0.154. The van der Waals surface area contributed by atoms with Crippen LogP contribution < -0.4 is 30.2 Å². The van der Waals surface area contributed by atoms with Crippen LogP contribution in [0.5, 0.6) is 11.5 Å². The van der Waals surface area contributed by atoms with Crippen LogP contribution in [0.15, 0.2) is 151 Å². The maximum absolute atomic E-state index is 5.82. The van der Waals surface area contributed by atoms with E-state index in [2.05, 4.69) is 182 Å². The number of thiophene rings is 2. The fourth-order valence-corrected chi connectivity index (χ4v) is 20.8. The Balaban J connectivity index is 1.30. The summed E-state index contributed by atoms with van der Waals surface area (Å²) in [5, 5.41) is 12.0. The molecule has 2 spiro atoms. The lowest BCUT2D eigenvalue weighted by Crippen LogP contribution is -2.66. The van der Waals surface area contributed by atoms with Crippen LogP contribution in [0.4, 0.5) is 0 Å². The van der Waals surface area contributed by atoms with Gasteiger partial charge in [-0.15, -0.1) is 22.7 Å². The third-order valence-electron chi connectivity index (χ3n) is 14.3. The molecule has 7 heteroatoms. The van der Waals surface area contributed by atoms with Gasteiger partial charge in [0, 0.05) is 20.5 Å². The summed E-state index contributed by atoms with van der Waals surface area (Å²) in [5.74, 6) is 1.69. The van der Waals surface area contributed by atoms with Crippen molar-refractivity contribution in [3.63, 3.8) is 0 Å². The Hall–Kier alpha value is -5.45. The van der Waals surface area contributed by atoms with Crippen molar-refractivity contribution in [1.82, 2.24) is 4.57 Å². The summed E-state index contributed by atoms with van der Waals surface area (Å²) < 4.78 is 14.2. The predicted octanol–water partition coefficient (Wildman–Crippen LogP) is 10.3. The maximum Gasteiger partial charge on any atom is 0.119 e. The molecule has 9 aromatic rings. The smallest absolute Gasteiger partial charge is 0.119 e. The molecule has 0 saturated carbocycles. The molecule has 12 rings (SSSR count). The quantitative estimate of drug-likeness (QED) is 0.166. The lowest BCUT2D eigenvalue weighted by Gasteiger charge is -2.54. The average molecular weight is 834 g/mol. The van der Waals surface area contributed by atoms with Gasteiger partial charge in [-0.25, -0.2) is 0 Å². The molecule has 0 saturated heterocycles. The van der Waals surface area contributed by atoms with E-state index in [1.54, 1.807) is 14.2 Å². The SMILES string of the molecule is COc1ccc2c(c1)c1cc(OC)ccc1n2-c1cc2c(s1)C1(c3ccccc3[Si](C)(C)c3ccccc31)c1ccsc1C21c2ccccc2[Si](C)(C)c2ccccc21. The van der Waals surface area contributed by atoms with E-state index < -0.39 is 27.0 Å². The van der Waals surface area contributed by atoms with Crippen LogP contribution >= 0.6 is 22.7 Å². The number of aromatic nitrogens is 1. The molecule has 2 aliphatic heterocycles. The van der Waals surface area contributed by atoms with Gasteiger partial charge in [0.1, 0.15) is 32.6 Å². The zero-order valence-corrected chi connectivity index (χ0v) is 37.6. The van der Waals surface area contributed by atoms with Crippen molar-refractivity contribution in [2.24, 2.45) is 0 Å². The first-order valence-corrected chi connectivity index (χ1v) is 28.2. The van der Waals surface area contributed by atoms with Gasteiger partial charge in [-0.2, -0.15) is 0 Å². The monoisotopic (exact) mass is 833 g/mol. The Morgan fingerprint density at radius 2 is 0.881 bits per heavy atom. The molecule has 0 unspecified atom stereocenters. The first kappa shape index (κ1) is 35.5. The Morgan fingerprint density at radius 3 is 1.32 bits per heavy atom. The van der Waals surface area contributed by atoms with Gasteiger partial charge in [0.2, 0.25) is 0 Å². The van der Waals surface area contributed by atoms with E-state index in [0.29, 0.717) is 0 Å². The van der Waals surface area contributed by atoms with E-state index in [1.165, 1.54) is 68.9 Å². The standard InChI is InChI=1S/C52H43NO2S2Si2/c1-54-32-23-25-42-34(29-32)35-30-33(55-2)24-26-43(35)53(42)48-31-41-50(57-48)51(36-15-7-11-19-44(36)58(3,4)45-20-12-8-16-37(45)51)40-27-28-56-49(40)52(41)38-17-9-13-21-46(38)59(5,6)47-22-14-10-18-39(47)52/h7-31H,1-6H3. The Kier molecular flexibility index (Phi) is 7.26. The Bertz CT molecular complexity index is 2930. The van der Waals surface area contributed by atoms with Crippen molar-refractivity contribution in [3.8, 4) is 16.5 Å². The normalized spacial score (nSPS) is 16.8. The van der Waals surface area contributed by atoms with Crippen molar-refractivity contribution in [2.75, 3.05) is 14.2 Å². The number of nitrogens with zero attached hydrogens (tertiary/aromatic N) is 1. The number of benzene rings is 6.